The van der Waals surface area contributed by atoms with Crippen molar-refractivity contribution in [1.82, 2.24) is 0 Å². The number of amides is 1. The van der Waals surface area contributed by atoms with Crippen molar-refractivity contribution in [2.45, 2.75) is 31.7 Å². The molecule has 0 saturated carbocycles. The van der Waals surface area contributed by atoms with Crippen LogP contribution < -0.4 is 5.73 Å². The van der Waals surface area contributed by atoms with Gasteiger partial charge in [-0.2, -0.15) is 0 Å². The fourth-order valence-electron chi connectivity index (χ4n) is 2.04. The van der Waals surface area contributed by atoms with Crippen molar-refractivity contribution >= 4 is 6.09 Å². The molecule has 0 radical (unpaired) electrons. The summed E-state index contributed by atoms with van der Waals surface area (Å²) in [6, 6.07) is 9.61. The van der Waals surface area contributed by atoms with E-state index in [1.165, 1.54) is 0 Å². The Bertz CT molecular complexity index is 390. The SMILES string of the molecule is NC(=O)OC[C@H](OC1CCCCO1)c1ccccc1. The number of rotatable bonds is 5. The van der Waals surface area contributed by atoms with Crippen molar-refractivity contribution in [3.05, 3.63) is 35.9 Å². The fourth-order valence-corrected chi connectivity index (χ4v) is 2.04. The summed E-state index contributed by atoms with van der Waals surface area (Å²) in [5, 5.41) is 0. The number of carbonyl (C=O) groups excluding carboxylic acids is 1. The summed E-state index contributed by atoms with van der Waals surface area (Å²) in [6.45, 7) is 0.808. The van der Waals surface area contributed by atoms with Crippen LogP contribution in [0.5, 0.6) is 0 Å². The molecule has 104 valence electrons. The summed E-state index contributed by atoms with van der Waals surface area (Å²) in [5.41, 5.74) is 5.95. The minimum absolute atomic E-state index is 0.0964. The van der Waals surface area contributed by atoms with Crippen molar-refractivity contribution in [2.24, 2.45) is 5.73 Å². The third-order valence-corrected chi connectivity index (χ3v) is 3.00. The van der Waals surface area contributed by atoms with Crippen molar-refractivity contribution < 1.29 is 19.0 Å². The average Bonchev–Trinajstić information content (AvgIpc) is 2.45. The van der Waals surface area contributed by atoms with Crippen molar-refractivity contribution in [3.63, 3.8) is 0 Å². The van der Waals surface area contributed by atoms with Crippen LogP contribution in [0.25, 0.3) is 0 Å². The van der Waals surface area contributed by atoms with Crippen LogP contribution in [0, 0.1) is 0 Å². The Balaban J connectivity index is 1.98. The van der Waals surface area contributed by atoms with Gasteiger partial charge in [0, 0.05) is 6.61 Å². The van der Waals surface area contributed by atoms with Crippen LogP contribution in [0.1, 0.15) is 30.9 Å². The lowest BCUT2D eigenvalue weighted by Gasteiger charge is -2.27. The summed E-state index contributed by atoms with van der Waals surface area (Å²) in [7, 11) is 0. The Morgan fingerprint density at radius 1 is 1.37 bits per heavy atom. The van der Waals surface area contributed by atoms with E-state index in [9.17, 15) is 4.79 Å². The van der Waals surface area contributed by atoms with E-state index < -0.39 is 6.09 Å². The van der Waals surface area contributed by atoms with E-state index in [0.717, 1.165) is 24.8 Å². The number of primary amides is 1. The lowest BCUT2D eigenvalue weighted by Crippen LogP contribution is -2.27. The van der Waals surface area contributed by atoms with Gasteiger partial charge in [-0.3, -0.25) is 0 Å². The maximum atomic E-state index is 10.7. The third-order valence-electron chi connectivity index (χ3n) is 3.00. The molecule has 1 amide bonds. The first-order valence-electron chi connectivity index (χ1n) is 6.50. The Morgan fingerprint density at radius 2 is 2.16 bits per heavy atom. The van der Waals surface area contributed by atoms with E-state index in [-0.39, 0.29) is 19.0 Å². The molecule has 5 nitrogen and oxygen atoms in total. The second-order valence-corrected chi connectivity index (χ2v) is 4.46. The molecule has 1 aliphatic heterocycles. The quantitative estimate of drug-likeness (QED) is 0.887. The van der Waals surface area contributed by atoms with Gasteiger partial charge in [0.25, 0.3) is 0 Å². The average molecular weight is 265 g/mol. The Labute approximate surface area is 112 Å². The molecule has 1 unspecified atom stereocenters. The van der Waals surface area contributed by atoms with Gasteiger partial charge in [-0.05, 0) is 24.8 Å². The first-order valence-corrected chi connectivity index (χ1v) is 6.50. The zero-order valence-electron chi connectivity index (χ0n) is 10.8. The smallest absolute Gasteiger partial charge is 0.404 e. The van der Waals surface area contributed by atoms with Crippen LogP contribution in [0.3, 0.4) is 0 Å². The second kappa shape index (κ2) is 7.11. The zero-order valence-corrected chi connectivity index (χ0v) is 10.8. The Kier molecular flexibility index (Phi) is 5.18. The number of hydrogen-bond donors (Lipinski definition) is 1. The van der Waals surface area contributed by atoms with Crippen LogP contribution >= 0.6 is 0 Å². The minimum atomic E-state index is -0.797. The molecule has 0 bridgehead atoms. The molecular formula is C14H19NO4. The van der Waals surface area contributed by atoms with Gasteiger partial charge >= 0.3 is 6.09 Å². The van der Waals surface area contributed by atoms with E-state index in [1.807, 2.05) is 30.3 Å². The van der Waals surface area contributed by atoms with Crippen LogP contribution in [0.4, 0.5) is 4.79 Å². The largest absolute Gasteiger partial charge is 0.447 e. The van der Waals surface area contributed by atoms with E-state index in [2.05, 4.69) is 0 Å². The van der Waals surface area contributed by atoms with Crippen LogP contribution in [-0.2, 0) is 14.2 Å². The summed E-state index contributed by atoms with van der Waals surface area (Å²) in [5.74, 6) is 0. The van der Waals surface area contributed by atoms with E-state index >= 15 is 0 Å². The molecule has 2 N–H and O–H groups in total. The van der Waals surface area contributed by atoms with E-state index in [0.29, 0.717) is 6.61 Å². The summed E-state index contributed by atoms with van der Waals surface area (Å²) in [4.78, 5) is 10.7. The van der Waals surface area contributed by atoms with Gasteiger partial charge in [0.1, 0.15) is 12.7 Å². The normalized spacial score (nSPS) is 20.7. The standard InChI is InChI=1S/C14H19NO4/c15-14(16)18-10-12(11-6-2-1-3-7-11)19-13-8-4-5-9-17-13/h1-3,6-7,12-13H,4-5,8-10H2,(H2,15,16)/t12-,13?/m0/s1. The molecule has 19 heavy (non-hydrogen) atoms. The van der Waals surface area contributed by atoms with Gasteiger partial charge in [0.15, 0.2) is 6.29 Å². The fraction of sp³-hybridized carbons (Fsp3) is 0.500. The molecule has 1 aromatic carbocycles. The highest BCUT2D eigenvalue weighted by atomic mass is 16.7. The molecule has 2 rings (SSSR count). The zero-order chi connectivity index (χ0) is 13.5. The highest BCUT2D eigenvalue weighted by Gasteiger charge is 2.22. The molecular weight excluding hydrogens is 246 g/mol. The predicted octanol–water partition coefficient (Wildman–Crippen LogP) is 2.37. The molecule has 0 spiro atoms. The maximum absolute atomic E-state index is 10.7. The van der Waals surface area contributed by atoms with Crippen LogP contribution in [0.15, 0.2) is 30.3 Å². The number of hydrogen-bond acceptors (Lipinski definition) is 4. The van der Waals surface area contributed by atoms with Crippen LogP contribution in [0.2, 0.25) is 0 Å². The lowest BCUT2D eigenvalue weighted by molar-refractivity contribution is -0.196. The molecule has 2 atom stereocenters. The summed E-state index contributed by atoms with van der Waals surface area (Å²) in [6.07, 6.45) is 1.62. The van der Waals surface area contributed by atoms with Gasteiger partial charge in [0.2, 0.25) is 0 Å². The molecule has 1 saturated heterocycles. The number of nitrogens with two attached hydrogens (primary N) is 1. The molecule has 1 fully saturated rings. The van der Waals surface area contributed by atoms with Gasteiger partial charge in [0.05, 0.1) is 0 Å². The number of ether oxygens (including phenoxy) is 3. The summed E-state index contributed by atoms with van der Waals surface area (Å²) < 4.78 is 16.3. The second-order valence-electron chi connectivity index (χ2n) is 4.46. The molecule has 0 aromatic heterocycles. The number of benzene rings is 1. The predicted molar refractivity (Wildman–Crippen MR) is 69.4 cm³/mol. The van der Waals surface area contributed by atoms with Crippen molar-refractivity contribution in [1.29, 1.82) is 0 Å². The van der Waals surface area contributed by atoms with E-state index in [4.69, 9.17) is 19.9 Å². The molecule has 1 aromatic rings. The highest BCUT2D eigenvalue weighted by molar-refractivity contribution is 5.64. The minimum Gasteiger partial charge on any atom is -0.447 e. The monoisotopic (exact) mass is 265 g/mol. The third kappa shape index (κ3) is 4.54. The van der Waals surface area contributed by atoms with Gasteiger partial charge in [-0.1, -0.05) is 30.3 Å². The Morgan fingerprint density at radius 3 is 2.79 bits per heavy atom. The maximum Gasteiger partial charge on any atom is 0.404 e. The first kappa shape index (κ1) is 13.8. The van der Waals surface area contributed by atoms with Gasteiger partial charge in [-0.15, -0.1) is 0 Å². The lowest BCUT2D eigenvalue weighted by atomic mass is 10.1. The summed E-state index contributed by atoms with van der Waals surface area (Å²) >= 11 is 0. The van der Waals surface area contributed by atoms with Gasteiger partial charge in [-0.25, -0.2) is 4.79 Å². The van der Waals surface area contributed by atoms with Crippen molar-refractivity contribution in [2.75, 3.05) is 13.2 Å². The van der Waals surface area contributed by atoms with E-state index in [1.54, 1.807) is 0 Å². The van der Waals surface area contributed by atoms with Crippen molar-refractivity contribution in [3.8, 4) is 0 Å². The number of carbonyl (C=O) groups is 1. The van der Waals surface area contributed by atoms with Crippen LogP contribution in [-0.4, -0.2) is 25.6 Å². The molecule has 1 heterocycles. The van der Waals surface area contributed by atoms with Gasteiger partial charge < -0.3 is 19.9 Å². The topological polar surface area (TPSA) is 70.8 Å². The molecule has 5 heteroatoms. The molecule has 1 aliphatic rings. The first-order chi connectivity index (χ1) is 9.25. The molecule has 0 aliphatic carbocycles. The Hall–Kier alpha value is -1.59. The highest BCUT2D eigenvalue weighted by Crippen LogP contribution is 2.24.